The zero-order valence-corrected chi connectivity index (χ0v) is 29.6. The van der Waals surface area contributed by atoms with Gasteiger partial charge in [0.25, 0.3) is 11.8 Å². The number of anilines is 1. The molecular formula is C37H31Cl2F3N4O8. The van der Waals surface area contributed by atoms with E-state index in [0.717, 1.165) is 4.90 Å². The molecular weight excluding hydrogens is 756 g/mol. The number of hydrogen-bond acceptors (Lipinski definition) is 9. The summed E-state index contributed by atoms with van der Waals surface area (Å²) in [5, 5.41) is 19.5. The van der Waals surface area contributed by atoms with Gasteiger partial charge >= 0.3 is 12.1 Å². The molecule has 7 rings (SSSR count). The van der Waals surface area contributed by atoms with Crippen LogP contribution in [-0.2, 0) is 35.6 Å². The number of aliphatic hydroxyl groups is 1. The molecule has 2 saturated heterocycles. The fourth-order valence-corrected chi connectivity index (χ4v) is 8.96. The number of hydrazine groups is 1. The number of alkyl halides is 3. The zero-order valence-electron chi connectivity index (χ0n) is 28.1. The Labute approximate surface area is 315 Å². The number of fused-ring (bicyclic) bond motifs is 4. The summed E-state index contributed by atoms with van der Waals surface area (Å²) in [6.45, 7) is -0.812. The largest absolute Gasteiger partial charge is 0.491 e. The number of pyridine rings is 1. The number of rotatable bonds is 10. The van der Waals surface area contributed by atoms with Crippen LogP contribution in [-0.4, -0.2) is 74.5 Å². The van der Waals surface area contributed by atoms with Gasteiger partial charge in [0, 0.05) is 29.2 Å². The lowest BCUT2D eigenvalue weighted by molar-refractivity contribution is -0.143. The molecule has 6 atom stereocenters. The molecule has 0 radical (unpaired) electrons. The molecule has 282 valence electrons. The summed E-state index contributed by atoms with van der Waals surface area (Å²) in [5.41, 5.74) is 0.975. The number of hydrogen-bond donors (Lipinski definition) is 3. The Morgan fingerprint density at radius 1 is 1.02 bits per heavy atom. The lowest BCUT2D eigenvalue weighted by Gasteiger charge is -2.50. The van der Waals surface area contributed by atoms with Crippen molar-refractivity contribution in [2.45, 2.75) is 36.8 Å². The van der Waals surface area contributed by atoms with Gasteiger partial charge in [-0.1, -0.05) is 65.2 Å². The molecule has 17 heteroatoms. The summed E-state index contributed by atoms with van der Waals surface area (Å²) in [6.07, 6.45) is -2.97. The van der Waals surface area contributed by atoms with E-state index in [1.165, 1.54) is 0 Å². The van der Waals surface area contributed by atoms with Gasteiger partial charge in [0.05, 0.1) is 46.8 Å². The van der Waals surface area contributed by atoms with Crippen LogP contribution in [0.25, 0.3) is 0 Å². The van der Waals surface area contributed by atoms with E-state index in [9.17, 15) is 42.6 Å². The van der Waals surface area contributed by atoms with Crippen LogP contribution in [0.5, 0.6) is 5.75 Å². The van der Waals surface area contributed by atoms with Crippen molar-refractivity contribution in [1.29, 1.82) is 0 Å². The fraction of sp³-hybridized carbons (Fsp3) is 0.351. The van der Waals surface area contributed by atoms with Gasteiger partial charge < -0.3 is 14.9 Å². The van der Waals surface area contributed by atoms with Gasteiger partial charge in [0.2, 0.25) is 11.8 Å². The average molecular weight is 788 g/mol. The topological polar surface area (TPSA) is 166 Å². The monoisotopic (exact) mass is 786 g/mol. The minimum absolute atomic E-state index is 0.0807. The lowest BCUT2D eigenvalue weighted by atomic mass is 9.49. The molecule has 0 bridgehead atoms. The number of nitrogens with zero attached hydrogens (tertiary/aromatic N) is 3. The number of carboxylic acid groups (broad SMARTS) is 1. The molecule has 4 aliphatic rings. The minimum Gasteiger partial charge on any atom is -0.491 e. The quantitative estimate of drug-likeness (QED) is 0.183. The van der Waals surface area contributed by atoms with Crippen LogP contribution in [0.2, 0.25) is 10.0 Å². The smallest absolute Gasteiger partial charge is 0.417 e. The van der Waals surface area contributed by atoms with Gasteiger partial charge in [-0.3, -0.25) is 34.3 Å². The number of carboxylic acids is 1. The number of nitrogens with one attached hydrogen (secondary N) is 1. The van der Waals surface area contributed by atoms with Gasteiger partial charge in [-0.2, -0.15) is 18.2 Å². The molecule has 1 saturated carbocycles. The Kier molecular flexibility index (Phi) is 9.69. The first-order chi connectivity index (χ1) is 25.7. The predicted octanol–water partition coefficient (Wildman–Crippen LogP) is 5.24. The van der Waals surface area contributed by atoms with Crippen LogP contribution in [0.15, 0.2) is 72.4 Å². The van der Waals surface area contributed by atoms with E-state index < -0.39 is 93.6 Å². The molecule has 2 aliphatic heterocycles. The second-order valence-electron chi connectivity index (χ2n) is 13.5. The van der Waals surface area contributed by atoms with Crippen LogP contribution in [0.3, 0.4) is 0 Å². The molecule has 6 unspecified atom stereocenters. The standard InChI is InChI=1S/C37H31Cl2F3N4O8/c38-20-7-5-18(6-8-20)36-25(33(51)46(35(36)53)44-31-26(39)15-19(17-43-31)37(40,41)42)16-24-21(30(36)22-3-1-2-4-27(22)54-14-13-47)9-10-23-29(24)34(52)45(32(23)50)12-11-28(48)49/h1-9,15,17,23-25,29-30,47H,10-14,16H2,(H,43,44)(H,48,49). The summed E-state index contributed by atoms with van der Waals surface area (Å²) < 4.78 is 46.3. The Balaban J connectivity index is 1.43. The van der Waals surface area contributed by atoms with Crippen molar-refractivity contribution in [3.8, 4) is 5.75 Å². The number of likely N-dealkylation sites (tertiary alicyclic amines) is 1. The van der Waals surface area contributed by atoms with E-state index in [-0.39, 0.29) is 38.3 Å². The van der Waals surface area contributed by atoms with Crippen molar-refractivity contribution >= 4 is 58.6 Å². The van der Waals surface area contributed by atoms with Gasteiger partial charge in [0.15, 0.2) is 5.82 Å². The average Bonchev–Trinajstić information content (AvgIpc) is 3.50. The highest BCUT2D eigenvalue weighted by molar-refractivity contribution is 6.33. The number of para-hydroxylation sites is 1. The number of aliphatic carboxylic acids is 1. The maximum absolute atomic E-state index is 15.3. The Bertz CT molecular complexity index is 2100. The highest BCUT2D eigenvalue weighted by atomic mass is 35.5. The van der Waals surface area contributed by atoms with Crippen molar-refractivity contribution < 1.29 is 52.1 Å². The van der Waals surface area contributed by atoms with E-state index in [0.29, 0.717) is 39.0 Å². The van der Waals surface area contributed by atoms with Crippen molar-refractivity contribution in [2.75, 3.05) is 25.2 Å². The lowest BCUT2D eigenvalue weighted by Crippen LogP contribution is -2.53. The Hall–Kier alpha value is -4.99. The number of allylic oxidation sites excluding steroid dienone is 2. The van der Waals surface area contributed by atoms with E-state index in [1.807, 2.05) is 0 Å². The third-order valence-electron chi connectivity index (χ3n) is 10.8. The summed E-state index contributed by atoms with van der Waals surface area (Å²) >= 11 is 12.5. The number of aliphatic hydroxyl groups excluding tert-OH is 1. The number of carbonyl (C=O) groups excluding carboxylic acids is 4. The number of amides is 4. The molecule has 2 aromatic carbocycles. The summed E-state index contributed by atoms with van der Waals surface area (Å²) in [4.78, 5) is 73.9. The third-order valence-corrected chi connectivity index (χ3v) is 11.3. The number of benzene rings is 2. The van der Waals surface area contributed by atoms with Crippen LogP contribution < -0.4 is 10.2 Å². The summed E-state index contributed by atoms with van der Waals surface area (Å²) in [5.74, 6) is -8.97. The second-order valence-corrected chi connectivity index (χ2v) is 14.3. The first-order valence-electron chi connectivity index (χ1n) is 16.9. The molecule has 3 fully saturated rings. The molecule has 3 aromatic rings. The number of ether oxygens (including phenoxy) is 1. The van der Waals surface area contributed by atoms with Gasteiger partial charge in [-0.25, -0.2) is 4.98 Å². The second kappa shape index (κ2) is 14.0. The maximum atomic E-state index is 15.3. The molecule has 54 heavy (non-hydrogen) atoms. The first-order valence-corrected chi connectivity index (χ1v) is 17.7. The molecule has 12 nitrogen and oxygen atoms in total. The highest BCUT2D eigenvalue weighted by Crippen LogP contribution is 2.65. The molecule has 2 aliphatic carbocycles. The van der Waals surface area contributed by atoms with Crippen LogP contribution in [0.1, 0.15) is 41.9 Å². The molecule has 3 N–H and O–H groups in total. The summed E-state index contributed by atoms with van der Waals surface area (Å²) in [6, 6.07) is 13.6. The summed E-state index contributed by atoms with van der Waals surface area (Å²) in [7, 11) is 0. The Morgan fingerprint density at radius 3 is 2.41 bits per heavy atom. The van der Waals surface area contributed by atoms with Crippen molar-refractivity contribution in [3.05, 3.63) is 99.2 Å². The SMILES string of the molecule is O=C(O)CCN1C(=O)C2CC=C3C(CC4C(=O)N(Nc5ncc(C(F)(F)F)cc5Cl)C(=O)C4(c4ccc(Cl)cc4)C3c3ccccc3OCCO)C2C1=O. The van der Waals surface area contributed by atoms with E-state index >= 15 is 4.79 Å². The van der Waals surface area contributed by atoms with E-state index in [4.69, 9.17) is 27.9 Å². The van der Waals surface area contributed by atoms with Crippen molar-refractivity contribution in [2.24, 2.45) is 23.7 Å². The van der Waals surface area contributed by atoms with Crippen LogP contribution in [0.4, 0.5) is 19.0 Å². The van der Waals surface area contributed by atoms with E-state index in [2.05, 4.69) is 10.4 Å². The van der Waals surface area contributed by atoms with Gasteiger partial charge in [-0.15, -0.1) is 0 Å². The van der Waals surface area contributed by atoms with Crippen LogP contribution in [0, 0.1) is 23.7 Å². The molecule has 4 amide bonds. The highest BCUT2D eigenvalue weighted by Gasteiger charge is 2.70. The number of aromatic nitrogens is 1. The Morgan fingerprint density at radius 2 is 1.74 bits per heavy atom. The number of imide groups is 2. The fourth-order valence-electron chi connectivity index (χ4n) is 8.63. The minimum atomic E-state index is -4.77. The first kappa shape index (κ1) is 37.3. The van der Waals surface area contributed by atoms with Gasteiger partial charge in [0.1, 0.15) is 12.4 Å². The number of carbonyl (C=O) groups is 5. The number of halogens is 5. The van der Waals surface area contributed by atoms with Crippen molar-refractivity contribution in [1.82, 2.24) is 14.9 Å². The van der Waals surface area contributed by atoms with Gasteiger partial charge in [-0.05, 0) is 48.6 Å². The molecule has 3 heterocycles. The predicted molar refractivity (Wildman–Crippen MR) is 185 cm³/mol. The van der Waals surface area contributed by atoms with Crippen molar-refractivity contribution in [3.63, 3.8) is 0 Å². The van der Waals surface area contributed by atoms with Crippen LogP contribution >= 0.6 is 23.2 Å². The third kappa shape index (κ3) is 5.98. The normalized spacial score (nSPS) is 26.3. The maximum Gasteiger partial charge on any atom is 0.417 e. The van der Waals surface area contributed by atoms with E-state index in [1.54, 1.807) is 54.6 Å². The zero-order chi connectivity index (χ0) is 38.7. The molecule has 0 spiro atoms. The molecule has 1 aromatic heterocycles.